The largest absolute Gasteiger partial charge is 0.535 e. The smallest absolute Gasteiger partial charge is 0.526 e. The molecule has 1 atom stereocenters. The van der Waals surface area contributed by atoms with Crippen molar-refractivity contribution < 1.29 is 24.0 Å². The van der Waals surface area contributed by atoms with Crippen LogP contribution in [0.5, 0.6) is 5.75 Å². The van der Waals surface area contributed by atoms with Gasteiger partial charge in [-0.25, -0.2) is 9.78 Å². The highest BCUT2D eigenvalue weighted by atomic mass is 16.5. The molecule has 0 fully saturated rings. The molecule has 0 unspecified atom stereocenters. The first kappa shape index (κ1) is 18.2. The molecular weight excluding hydrogens is 335 g/mol. The third kappa shape index (κ3) is 4.13. The van der Waals surface area contributed by atoms with Crippen molar-refractivity contribution in [1.29, 1.82) is 0 Å². The monoisotopic (exact) mass is 356 g/mol. The summed E-state index contributed by atoms with van der Waals surface area (Å²) < 4.78 is 12.4. The second kappa shape index (κ2) is 8.18. The zero-order valence-electron chi connectivity index (χ0n) is 14.6. The van der Waals surface area contributed by atoms with Gasteiger partial charge in [-0.3, -0.25) is 4.79 Å². The number of benzene rings is 1. The molecule has 2 aromatic rings. The van der Waals surface area contributed by atoms with E-state index in [-0.39, 0.29) is 24.6 Å². The summed E-state index contributed by atoms with van der Waals surface area (Å²) in [6.45, 7) is 2.56. The predicted octanol–water partition coefficient (Wildman–Crippen LogP) is 1.89. The number of hydrogen-bond acceptors (Lipinski definition) is 6. The van der Waals surface area contributed by atoms with Gasteiger partial charge in [0.2, 0.25) is 0 Å². The van der Waals surface area contributed by atoms with E-state index in [1.165, 1.54) is 0 Å². The topological polar surface area (TPSA) is 90.7 Å². The molecule has 136 valence electrons. The number of aryl methyl sites for hydroxylation is 1. The quantitative estimate of drug-likeness (QED) is 0.602. The van der Waals surface area contributed by atoms with Crippen LogP contribution >= 0.6 is 0 Å². The highest BCUT2D eigenvalue weighted by molar-refractivity contribution is 6.47. The van der Waals surface area contributed by atoms with E-state index in [4.69, 9.17) is 9.39 Å². The lowest BCUT2D eigenvalue weighted by Crippen LogP contribution is -2.36. The molecule has 26 heavy (non-hydrogen) atoms. The van der Waals surface area contributed by atoms with Crippen LogP contribution in [0.4, 0.5) is 0 Å². The standard InChI is InChI=1S/C18H21BN2O5/c1-2-25-18(23)16-5-3-4-13-10-14(19(24)26-17(13)16)11-15(22)6-8-21-9-7-20-12-21/h3-5,7,9,12,14,24H,2,6,8,10-11H2,1H3/t14-/m1/s1. The van der Waals surface area contributed by atoms with Crippen LogP contribution in [0.25, 0.3) is 0 Å². The molecule has 2 heterocycles. The maximum absolute atomic E-state index is 12.2. The van der Waals surface area contributed by atoms with Gasteiger partial charge in [-0.2, -0.15) is 0 Å². The molecule has 0 spiro atoms. The van der Waals surface area contributed by atoms with Crippen molar-refractivity contribution in [2.45, 2.75) is 38.5 Å². The van der Waals surface area contributed by atoms with E-state index in [9.17, 15) is 14.6 Å². The number of Topliss-reactive ketones (excluding diaryl/α,β-unsaturated/α-hetero) is 1. The number of hydrogen-bond donors (Lipinski definition) is 1. The van der Waals surface area contributed by atoms with Crippen LogP contribution < -0.4 is 4.65 Å². The molecule has 7 nitrogen and oxygen atoms in total. The number of carbonyl (C=O) groups is 2. The normalized spacial score (nSPS) is 15.9. The lowest BCUT2D eigenvalue weighted by atomic mass is 9.64. The maximum Gasteiger partial charge on any atom is 0.526 e. The van der Waals surface area contributed by atoms with E-state index >= 15 is 0 Å². The summed E-state index contributed by atoms with van der Waals surface area (Å²) in [6.07, 6.45) is 6.20. The van der Waals surface area contributed by atoms with Gasteiger partial charge in [-0.05, 0) is 25.0 Å². The summed E-state index contributed by atoms with van der Waals surface area (Å²) in [6, 6.07) is 5.21. The maximum atomic E-state index is 12.2. The van der Waals surface area contributed by atoms with Crippen molar-refractivity contribution in [3.8, 4) is 5.75 Å². The Kier molecular flexibility index (Phi) is 5.73. The molecule has 3 rings (SSSR count). The van der Waals surface area contributed by atoms with Gasteiger partial charge >= 0.3 is 13.1 Å². The van der Waals surface area contributed by atoms with E-state index in [0.717, 1.165) is 5.56 Å². The third-order valence-electron chi connectivity index (χ3n) is 4.41. The Balaban J connectivity index is 1.65. The average molecular weight is 356 g/mol. The van der Waals surface area contributed by atoms with Crippen LogP contribution in [0.1, 0.15) is 35.7 Å². The minimum absolute atomic E-state index is 0.0522. The van der Waals surface area contributed by atoms with Crippen molar-refractivity contribution in [2.24, 2.45) is 0 Å². The minimum atomic E-state index is -1.13. The molecule has 8 heteroatoms. The number of rotatable bonds is 7. The highest BCUT2D eigenvalue weighted by Gasteiger charge is 2.37. The number of carbonyl (C=O) groups excluding carboxylic acids is 2. The molecule has 1 aliphatic rings. The van der Waals surface area contributed by atoms with E-state index in [0.29, 0.717) is 30.7 Å². The molecule has 1 aromatic heterocycles. The molecule has 0 bridgehead atoms. The van der Waals surface area contributed by atoms with Gasteiger partial charge in [0, 0.05) is 37.6 Å². The van der Waals surface area contributed by atoms with Gasteiger partial charge in [0.1, 0.15) is 17.1 Å². The molecule has 0 aliphatic carbocycles. The van der Waals surface area contributed by atoms with Gasteiger partial charge in [0.25, 0.3) is 0 Å². The Bertz CT molecular complexity index is 778. The number of nitrogens with zero attached hydrogens (tertiary/aromatic N) is 2. The summed E-state index contributed by atoms with van der Waals surface area (Å²) >= 11 is 0. The third-order valence-corrected chi connectivity index (χ3v) is 4.41. The van der Waals surface area contributed by atoms with Crippen LogP contribution in [0, 0.1) is 0 Å². The van der Waals surface area contributed by atoms with Crippen LogP contribution in [0.3, 0.4) is 0 Å². The predicted molar refractivity (Wildman–Crippen MR) is 94.9 cm³/mol. The summed E-state index contributed by atoms with van der Waals surface area (Å²) in [4.78, 5) is 28.2. The zero-order valence-corrected chi connectivity index (χ0v) is 14.6. The van der Waals surface area contributed by atoms with E-state index < -0.39 is 13.1 Å². The van der Waals surface area contributed by atoms with Crippen molar-refractivity contribution in [3.05, 3.63) is 48.0 Å². The average Bonchev–Trinajstić information content (AvgIpc) is 3.14. The van der Waals surface area contributed by atoms with Crippen LogP contribution in [0.15, 0.2) is 36.9 Å². The number of para-hydroxylation sites is 1. The van der Waals surface area contributed by atoms with Gasteiger partial charge < -0.3 is 19.0 Å². The molecule has 0 amide bonds. The number of esters is 1. The second-order valence-corrected chi connectivity index (χ2v) is 6.28. The van der Waals surface area contributed by atoms with Gasteiger partial charge in [-0.1, -0.05) is 12.1 Å². The number of ether oxygens (including phenoxy) is 1. The van der Waals surface area contributed by atoms with Crippen molar-refractivity contribution in [3.63, 3.8) is 0 Å². The zero-order chi connectivity index (χ0) is 18.5. The molecule has 1 aliphatic heterocycles. The molecular formula is C18H21BN2O5. The summed E-state index contributed by atoms with van der Waals surface area (Å²) in [5, 5.41) is 10.3. The lowest BCUT2D eigenvalue weighted by molar-refractivity contribution is -0.119. The first-order chi connectivity index (χ1) is 12.6. The van der Waals surface area contributed by atoms with Gasteiger partial charge in [0.15, 0.2) is 0 Å². The number of fused-ring (bicyclic) bond motifs is 1. The highest BCUT2D eigenvalue weighted by Crippen LogP contribution is 2.36. The lowest BCUT2D eigenvalue weighted by Gasteiger charge is -2.28. The Morgan fingerprint density at radius 3 is 3.04 bits per heavy atom. The second-order valence-electron chi connectivity index (χ2n) is 6.28. The number of ketones is 1. The Hall–Kier alpha value is -2.61. The van der Waals surface area contributed by atoms with Crippen molar-refractivity contribution in [2.75, 3.05) is 6.61 Å². The van der Waals surface area contributed by atoms with E-state index in [1.807, 2.05) is 10.6 Å². The van der Waals surface area contributed by atoms with Crippen molar-refractivity contribution in [1.82, 2.24) is 9.55 Å². The van der Waals surface area contributed by atoms with Gasteiger partial charge in [0.05, 0.1) is 12.9 Å². The number of imidazole rings is 1. The Morgan fingerprint density at radius 2 is 2.31 bits per heavy atom. The minimum Gasteiger partial charge on any atom is -0.535 e. The summed E-state index contributed by atoms with van der Waals surface area (Å²) in [7, 11) is -1.13. The fourth-order valence-corrected chi connectivity index (χ4v) is 3.09. The molecule has 1 aromatic carbocycles. The number of aromatic nitrogens is 2. The summed E-state index contributed by atoms with van der Waals surface area (Å²) in [5.41, 5.74) is 1.10. The van der Waals surface area contributed by atoms with Crippen molar-refractivity contribution >= 4 is 18.9 Å². The molecule has 0 radical (unpaired) electrons. The summed E-state index contributed by atoms with van der Waals surface area (Å²) in [5.74, 6) is -0.418. The molecule has 0 saturated carbocycles. The van der Waals surface area contributed by atoms with Crippen LogP contribution in [-0.2, 0) is 22.5 Å². The fraction of sp³-hybridized carbons (Fsp3) is 0.389. The van der Waals surface area contributed by atoms with E-state index in [1.54, 1.807) is 37.8 Å². The Labute approximate surface area is 152 Å². The fourth-order valence-electron chi connectivity index (χ4n) is 3.09. The first-order valence-corrected chi connectivity index (χ1v) is 8.69. The van der Waals surface area contributed by atoms with Crippen LogP contribution in [-0.4, -0.2) is 40.1 Å². The van der Waals surface area contributed by atoms with Gasteiger partial charge in [-0.15, -0.1) is 0 Å². The molecule has 0 saturated heterocycles. The first-order valence-electron chi connectivity index (χ1n) is 8.69. The SMILES string of the molecule is CCOC(=O)c1cccc2c1OB(O)[C@@H](CC(=O)CCn1ccnc1)C2. The molecule has 1 N–H and O–H groups in total. The van der Waals surface area contributed by atoms with Crippen LogP contribution in [0.2, 0.25) is 5.82 Å². The van der Waals surface area contributed by atoms with E-state index in [2.05, 4.69) is 4.98 Å². The Morgan fingerprint density at radius 1 is 1.46 bits per heavy atom.